The van der Waals surface area contributed by atoms with Gasteiger partial charge in [0.1, 0.15) is 0 Å². The van der Waals surface area contributed by atoms with Crippen LogP contribution in [-0.4, -0.2) is 6.04 Å². The highest BCUT2D eigenvalue weighted by Crippen LogP contribution is 2.32. The van der Waals surface area contributed by atoms with Crippen molar-refractivity contribution in [1.82, 2.24) is 0 Å². The second-order valence-electron chi connectivity index (χ2n) is 4.68. The fourth-order valence-electron chi connectivity index (χ4n) is 1.82. The fraction of sp³-hybridized carbons (Fsp3) is 0.250. The van der Waals surface area contributed by atoms with Crippen LogP contribution in [0.15, 0.2) is 56.7 Å². The third-order valence-corrected chi connectivity index (χ3v) is 5.07. The van der Waals surface area contributed by atoms with Gasteiger partial charge in [-0.25, -0.2) is 0 Å². The van der Waals surface area contributed by atoms with Crippen LogP contribution in [0.5, 0.6) is 0 Å². The Kier molecular flexibility index (Phi) is 5.97. The van der Waals surface area contributed by atoms with Crippen LogP contribution in [0.4, 0.5) is 0 Å². The molecule has 0 aliphatic heterocycles. The lowest BCUT2D eigenvalue weighted by molar-refractivity contribution is 0.645. The minimum Gasteiger partial charge on any atom is -0.327 e. The highest BCUT2D eigenvalue weighted by Gasteiger charge is 2.07. The summed E-state index contributed by atoms with van der Waals surface area (Å²) in [5.74, 6) is 0. The zero-order valence-corrected chi connectivity index (χ0v) is 14.4. The Morgan fingerprint density at radius 2 is 1.80 bits per heavy atom. The standard InChI is InChI=1S/C16H17BrClNS/c1-2-13(19)9-11-3-6-15(10-16(11)17)20-14-7-4-12(18)5-8-14/h3-8,10,13H,2,9,19H2,1H3. The zero-order chi connectivity index (χ0) is 14.5. The largest absolute Gasteiger partial charge is 0.327 e. The minimum absolute atomic E-state index is 0.223. The van der Waals surface area contributed by atoms with Gasteiger partial charge in [-0.2, -0.15) is 0 Å². The summed E-state index contributed by atoms with van der Waals surface area (Å²) in [6, 6.07) is 14.5. The average Bonchev–Trinajstić information content (AvgIpc) is 2.44. The number of halogens is 2. The van der Waals surface area contributed by atoms with Crippen molar-refractivity contribution in [3.05, 3.63) is 57.5 Å². The van der Waals surface area contributed by atoms with Gasteiger partial charge in [-0.05, 0) is 54.8 Å². The van der Waals surface area contributed by atoms with Gasteiger partial charge in [-0.1, -0.05) is 52.3 Å². The van der Waals surface area contributed by atoms with E-state index >= 15 is 0 Å². The van der Waals surface area contributed by atoms with Crippen LogP contribution in [0, 0.1) is 0 Å². The van der Waals surface area contributed by atoms with Crippen molar-refractivity contribution in [2.24, 2.45) is 5.73 Å². The quantitative estimate of drug-likeness (QED) is 0.748. The maximum atomic E-state index is 6.01. The summed E-state index contributed by atoms with van der Waals surface area (Å²) in [6.45, 7) is 2.11. The van der Waals surface area contributed by atoms with E-state index in [1.54, 1.807) is 11.8 Å². The van der Waals surface area contributed by atoms with Crippen LogP contribution < -0.4 is 5.73 Å². The molecule has 2 rings (SSSR count). The second-order valence-corrected chi connectivity index (χ2v) is 7.12. The second kappa shape index (κ2) is 7.51. The van der Waals surface area contributed by atoms with E-state index in [4.69, 9.17) is 17.3 Å². The van der Waals surface area contributed by atoms with Gasteiger partial charge in [0, 0.05) is 25.3 Å². The number of hydrogen-bond donors (Lipinski definition) is 1. The first-order valence-electron chi connectivity index (χ1n) is 6.56. The zero-order valence-electron chi connectivity index (χ0n) is 11.3. The highest BCUT2D eigenvalue weighted by atomic mass is 79.9. The summed E-state index contributed by atoms with van der Waals surface area (Å²) in [4.78, 5) is 2.38. The summed E-state index contributed by atoms with van der Waals surface area (Å²) < 4.78 is 1.13. The van der Waals surface area contributed by atoms with E-state index in [1.165, 1.54) is 15.4 Å². The van der Waals surface area contributed by atoms with Crippen LogP contribution in [0.2, 0.25) is 5.02 Å². The van der Waals surface area contributed by atoms with Crippen molar-refractivity contribution in [3.8, 4) is 0 Å². The van der Waals surface area contributed by atoms with E-state index in [2.05, 4.69) is 41.1 Å². The molecule has 0 amide bonds. The lowest BCUT2D eigenvalue weighted by Gasteiger charge is -2.11. The summed E-state index contributed by atoms with van der Waals surface area (Å²) in [6.07, 6.45) is 1.90. The Morgan fingerprint density at radius 3 is 2.40 bits per heavy atom. The van der Waals surface area contributed by atoms with E-state index in [9.17, 15) is 0 Å². The Bertz CT molecular complexity index is 571. The van der Waals surface area contributed by atoms with Gasteiger partial charge in [0.2, 0.25) is 0 Å². The molecule has 2 aromatic rings. The van der Waals surface area contributed by atoms with Crippen LogP contribution >= 0.6 is 39.3 Å². The molecular formula is C16H17BrClNS. The molecule has 4 heteroatoms. The van der Waals surface area contributed by atoms with E-state index in [0.717, 1.165) is 22.3 Å². The third kappa shape index (κ3) is 4.52. The van der Waals surface area contributed by atoms with Gasteiger partial charge < -0.3 is 5.73 Å². The van der Waals surface area contributed by atoms with E-state index in [1.807, 2.05) is 24.3 Å². The molecule has 0 spiro atoms. The van der Waals surface area contributed by atoms with Crippen LogP contribution in [-0.2, 0) is 6.42 Å². The van der Waals surface area contributed by atoms with Gasteiger partial charge in [0.15, 0.2) is 0 Å². The Hall–Kier alpha value is -0.480. The van der Waals surface area contributed by atoms with E-state index < -0.39 is 0 Å². The Morgan fingerprint density at radius 1 is 1.15 bits per heavy atom. The average molecular weight is 371 g/mol. The SMILES string of the molecule is CCC(N)Cc1ccc(Sc2ccc(Cl)cc2)cc1Br. The Labute approximate surface area is 138 Å². The van der Waals surface area contributed by atoms with Crippen molar-refractivity contribution in [3.63, 3.8) is 0 Å². The Balaban J connectivity index is 2.10. The first-order valence-corrected chi connectivity index (χ1v) is 8.54. The molecule has 20 heavy (non-hydrogen) atoms. The monoisotopic (exact) mass is 369 g/mol. The molecule has 0 radical (unpaired) electrons. The van der Waals surface area contributed by atoms with Gasteiger partial charge >= 0.3 is 0 Å². The summed E-state index contributed by atoms with van der Waals surface area (Å²) >= 11 is 11.3. The molecule has 2 aromatic carbocycles. The smallest absolute Gasteiger partial charge is 0.0406 e. The van der Waals surface area contributed by atoms with Crippen molar-refractivity contribution in [1.29, 1.82) is 0 Å². The van der Waals surface area contributed by atoms with Crippen molar-refractivity contribution in [2.75, 3.05) is 0 Å². The molecule has 1 nitrogen and oxygen atoms in total. The molecule has 1 unspecified atom stereocenters. The molecule has 0 fully saturated rings. The molecule has 106 valence electrons. The molecule has 2 N–H and O–H groups in total. The lowest BCUT2D eigenvalue weighted by atomic mass is 10.1. The maximum absolute atomic E-state index is 6.01. The number of benzene rings is 2. The number of hydrogen-bond acceptors (Lipinski definition) is 2. The number of rotatable bonds is 5. The van der Waals surface area contributed by atoms with Gasteiger partial charge in [0.05, 0.1) is 0 Å². The molecule has 0 bridgehead atoms. The summed E-state index contributed by atoms with van der Waals surface area (Å²) in [7, 11) is 0. The normalized spacial score (nSPS) is 12.4. The summed E-state index contributed by atoms with van der Waals surface area (Å²) in [5, 5.41) is 0.763. The molecule has 0 aliphatic rings. The van der Waals surface area contributed by atoms with Crippen molar-refractivity contribution in [2.45, 2.75) is 35.6 Å². The van der Waals surface area contributed by atoms with Crippen molar-refractivity contribution < 1.29 is 0 Å². The molecular weight excluding hydrogens is 354 g/mol. The van der Waals surface area contributed by atoms with Gasteiger partial charge in [0.25, 0.3) is 0 Å². The molecule has 0 heterocycles. The molecule has 0 saturated carbocycles. The first kappa shape index (κ1) is 15.9. The van der Waals surface area contributed by atoms with Crippen LogP contribution in [0.1, 0.15) is 18.9 Å². The molecule has 0 aliphatic carbocycles. The van der Waals surface area contributed by atoms with Gasteiger partial charge in [-0.3, -0.25) is 0 Å². The van der Waals surface area contributed by atoms with Crippen molar-refractivity contribution >= 4 is 39.3 Å². The summed E-state index contributed by atoms with van der Waals surface area (Å²) in [5.41, 5.74) is 7.27. The highest BCUT2D eigenvalue weighted by molar-refractivity contribution is 9.10. The lowest BCUT2D eigenvalue weighted by Crippen LogP contribution is -2.21. The fourth-order valence-corrected chi connectivity index (χ4v) is 3.50. The topological polar surface area (TPSA) is 26.0 Å². The number of nitrogens with two attached hydrogens (primary N) is 1. The first-order chi connectivity index (χ1) is 9.58. The van der Waals surface area contributed by atoms with E-state index in [0.29, 0.717) is 0 Å². The molecule has 0 aromatic heterocycles. The van der Waals surface area contributed by atoms with Crippen LogP contribution in [0.3, 0.4) is 0 Å². The third-order valence-electron chi connectivity index (χ3n) is 3.08. The minimum atomic E-state index is 0.223. The maximum Gasteiger partial charge on any atom is 0.0406 e. The predicted octanol–water partition coefficient (Wildman–Crippen LogP) is 5.53. The van der Waals surface area contributed by atoms with Crippen LogP contribution in [0.25, 0.3) is 0 Å². The van der Waals surface area contributed by atoms with E-state index in [-0.39, 0.29) is 6.04 Å². The predicted molar refractivity (Wildman–Crippen MR) is 91.7 cm³/mol. The molecule has 0 saturated heterocycles. The van der Waals surface area contributed by atoms with Gasteiger partial charge in [-0.15, -0.1) is 0 Å². The molecule has 1 atom stereocenters.